The van der Waals surface area contributed by atoms with Gasteiger partial charge in [0.2, 0.25) is 0 Å². The molecule has 0 radical (unpaired) electrons. The van der Waals surface area contributed by atoms with Gasteiger partial charge in [0.1, 0.15) is 5.75 Å². The van der Waals surface area contributed by atoms with Gasteiger partial charge in [0.25, 0.3) is 5.56 Å². The summed E-state index contributed by atoms with van der Waals surface area (Å²) in [5, 5.41) is 0. The normalized spacial score (nSPS) is 10.2. The zero-order valence-electron chi connectivity index (χ0n) is 9.86. The monoisotopic (exact) mass is 230 g/mol. The summed E-state index contributed by atoms with van der Waals surface area (Å²) in [7, 11) is 0. The second-order valence-corrected chi connectivity index (χ2v) is 3.67. The molecule has 0 unspecified atom stereocenters. The maximum atomic E-state index is 11.5. The minimum atomic E-state index is -0.114. The van der Waals surface area contributed by atoms with Gasteiger partial charge in [-0.1, -0.05) is 12.1 Å². The van der Waals surface area contributed by atoms with E-state index in [0.717, 1.165) is 11.3 Å². The van der Waals surface area contributed by atoms with E-state index in [4.69, 9.17) is 4.74 Å². The quantitative estimate of drug-likeness (QED) is 0.878. The van der Waals surface area contributed by atoms with Gasteiger partial charge in [-0.2, -0.15) is 0 Å². The zero-order chi connectivity index (χ0) is 12.3. The highest BCUT2D eigenvalue weighted by Gasteiger charge is 2.07. The van der Waals surface area contributed by atoms with Crippen molar-refractivity contribution in [2.75, 3.05) is 6.61 Å². The number of hydrogen-bond donors (Lipinski definition) is 1. The predicted octanol–water partition coefficient (Wildman–Crippen LogP) is 2.14. The maximum Gasteiger partial charge on any atom is 0.254 e. The molecule has 1 N–H and O–H groups in total. The van der Waals surface area contributed by atoms with E-state index in [1.807, 2.05) is 31.2 Å². The van der Waals surface area contributed by atoms with E-state index in [-0.39, 0.29) is 5.56 Å². The van der Waals surface area contributed by atoms with E-state index in [1.54, 1.807) is 6.92 Å². The lowest BCUT2D eigenvalue weighted by Crippen LogP contribution is -2.11. The van der Waals surface area contributed by atoms with Crippen molar-refractivity contribution >= 4 is 0 Å². The fraction of sp³-hybridized carbons (Fsp3) is 0.231. The third-order valence-corrected chi connectivity index (χ3v) is 2.50. The smallest absolute Gasteiger partial charge is 0.254 e. The molecule has 0 saturated carbocycles. The first-order chi connectivity index (χ1) is 8.22. The van der Waals surface area contributed by atoms with Crippen LogP contribution in [0.2, 0.25) is 0 Å². The lowest BCUT2D eigenvalue weighted by atomic mass is 10.1. The van der Waals surface area contributed by atoms with Crippen LogP contribution in [-0.4, -0.2) is 16.6 Å². The van der Waals surface area contributed by atoms with Crippen molar-refractivity contribution in [3.8, 4) is 17.0 Å². The highest BCUT2D eigenvalue weighted by atomic mass is 16.5. The molecular formula is C13H14N2O2. The van der Waals surface area contributed by atoms with Crippen LogP contribution in [0, 0.1) is 6.92 Å². The summed E-state index contributed by atoms with van der Waals surface area (Å²) in [6, 6.07) is 7.58. The molecule has 0 aliphatic carbocycles. The molecule has 0 aliphatic rings. The molecular weight excluding hydrogens is 216 g/mol. The molecule has 1 aromatic carbocycles. The summed E-state index contributed by atoms with van der Waals surface area (Å²) in [5.41, 5.74) is 2.08. The van der Waals surface area contributed by atoms with Gasteiger partial charge >= 0.3 is 0 Å². The second-order valence-electron chi connectivity index (χ2n) is 3.67. The van der Waals surface area contributed by atoms with Crippen molar-refractivity contribution in [2.24, 2.45) is 0 Å². The Kier molecular flexibility index (Phi) is 3.23. The number of benzene rings is 1. The first kappa shape index (κ1) is 11.4. The van der Waals surface area contributed by atoms with Crippen LogP contribution in [-0.2, 0) is 0 Å². The van der Waals surface area contributed by atoms with Crippen LogP contribution < -0.4 is 10.3 Å². The van der Waals surface area contributed by atoms with E-state index >= 15 is 0 Å². The highest BCUT2D eigenvalue weighted by molar-refractivity contribution is 5.63. The number of hydrogen-bond acceptors (Lipinski definition) is 3. The highest BCUT2D eigenvalue weighted by Crippen LogP contribution is 2.22. The fourth-order valence-corrected chi connectivity index (χ4v) is 1.66. The van der Waals surface area contributed by atoms with E-state index < -0.39 is 0 Å². The first-order valence-corrected chi connectivity index (χ1v) is 5.50. The van der Waals surface area contributed by atoms with Crippen molar-refractivity contribution in [1.29, 1.82) is 0 Å². The van der Waals surface area contributed by atoms with Gasteiger partial charge < -0.3 is 9.72 Å². The van der Waals surface area contributed by atoms with E-state index in [0.29, 0.717) is 17.9 Å². The number of aromatic nitrogens is 2. The molecule has 0 aliphatic heterocycles. The molecule has 17 heavy (non-hydrogen) atoms. The predicted molar refractivity (Wildman–Crippen MR) is 66.2 cm³/mol. The van der Waals surface area contributed by atoms with E-state index in [9.17, 15) is 4.79 Å². The van der Waals surface area contributed by atoms with Crippen LogP contribution in [0.5, 0.6) is 5.75 Å². The molecule has 0 spiro atoms. The fourth-order valence-electron chi connectivity index (χ4n) is 1.66. The summed E-state index contributed by atoms with van der Waals surface area (Å²) in [4.78, 5) is 18.2. The number of rotatable bonds is 3. The van der Waals surface area contributed by atoms with Crippen LogP contribution in [0.4, 0.5) is 0 Å². The number of aromatic amines is 1. The molecule has 0 bridgehead atoms. The first-order valence-electron chi connectivity index (χ1n) is 5.50. The van der Waals surface area contributed by atoms with Gasteiger partial charge in [0.15, 0.2) is 0 Å². The zero-order valence-corrected chi connectivity index (χ0v) is 9.86. The molecule has 1 heterocycles. The topological polar surface area (TPSA) is 55.0 Å². The molecule has 4 heteroatoms. The van der Waals surface area contributed by atoms with Crippen molar-refractivity contribution in [3.63, 3.8) is 0 Å². The van der Waals surface area contributed by atoms with Crippen LogP contribution in [0.25, 0.3) is 11.3 Å². The molecule has 4 nitrogen and oxygen atoms in total. The third-order valence-electron chi connectivity index (χ3n) is 2.50. The lowest BCUT2D eigenvalue weighted by molar-refractivity contribution is 0.340. The van der Waals surface area contributed by atoms with E-state index in [2.05, 4.69) is 9.97 Å². The minimum absolute atomic E-state index is 0.114. The van der Waals surface area contributed by atoms with Crippen LogP contribution in [0.15, 0.2) is 35.4 Å². The summed E-state index contributed by atoms with van der Waals surface area (Å²) in [5.74, 6) is 0.784. The average molecular weight is 230 g/mol. The Morgan fingerprint density at radius 3 is 3.00 bits per heavy atom. The maximum absolute atomic E-state index is 11.5. The standard InChI is InChI=1S/C13H14N2O2/c1-3-17-11-6-4-5-10(7-11)12-9(2)13(16)15-8-14-12/h4-8H,3H2,1-2H3,(H,14,15,16). The number of nitrogens with zero attached hydrogens (tertiary/aromatic N) is 1. The molecule has 2 rings (SSSR count). The summed E-state index contributed by atoms with van der Waals surface area (Å²) in [6.07, 6.45) is 1.41. The number of ether oxygens (including phenoxy) is 1. The van der Waals surface area contributed by atoms with Gasteiger partial charge in [-0.05, 0) is 26.0 Å². The Balaban J connectivity index is 2.49. The molecule has 88 valence electrons. The minimum Gasteiger partial charge on any atom is -0.494 e. The molecule has 2 aromatic rings. The largest absolute Gasteiger partial charge is 0.494 e. The second kappa shape index (κ2) is 4.82. The van der Waals surface area contributed by atoms with Crippen LogP contribution in [0.1, 0.15) is 12.5 Å². The lowest BCUT2D eigenvalue weighted by Gasteiger charge is -2.07. The molecule has 1 aromatic heterocycles. The Morgan fingerprint density at radius 2 is 2.24 bits per heavy atom. The molecule has 0 atom stereocenters. The number of nitrogens with one attached hydrogen (secondary N) is 1. The van der Waals surface area contributed by atoms with Crippen molar-refractivity contribution in [3.05, 3.63) is 46.5 Å². The molecule has 0 amide bonds. The third kappa shape index (κ3) is 2.36. The Hall–Kier alpha value is -2.10. The van der Waals surface area contributed by atoms with Crippen molar-refractivity contribution in [2.45, 2.75) is 13.8 Å². The van der Waals surface area contributed by atoms with Gasteiger partial charge in [-0.3, -0.25) is 4.79 Å². The van der Waals surface area contributed by atoms with E-state index in [1.165, 1.54) is 6.33 Å². The molecule has 0 saturated heterocycles. The van der Waals surface area contributed by atoms with Gasteiger partial charge in [-0.25, -0.2) is 4.98 Å². The van der Waals surface area contributed by atoms with Crippen molar-refractivity contribution < 1.29 is 4.74 Å². The van der Waals surface area contributed by atoms with Crippen molar-refractivity contribution in [1.82, 2.24) is 9.97 Å². The van der Waals surface area contributed by atoms with Crippen LogP contribution >= 0.6 is 0 Å². The SMILES string of the molecule is CCOc1cccc(-c2nc[nH]c(=O)c2C)c1. The Morgan fingerprint density at radius 1 is 1.41 bits per heavy atom. The average Bonchev–Trinajstić information content (AvgIpc) is 2.33. The number of H-pyrrole nitrogens is 1. The van der Waals surface area contributed by atoms with Gasteiger partial charge in [0.05, 0.1) is 18.6 Å². The van der Waals surface area contributed by atoms with Crippen LogP contribution in [0.3, 0.4) is 0 Å². The van der Waals surface area contributed by atoms with Gasteiger partial charge in [-0.15, -0.1) is 0 Å². The summed E-state index contributed by atoms with van der Waals surface area (Å²) < 4.78 is 5.42. The molecule has 0 fully saturated rings. The Bertz CT molecular complexity index is 576. The summed E-state index contributed by atoms with van der Waals surface area (Å²) in [6.45, 7) is 4.31. The Labute approximate surface area is 99.3 Å². The van der Waals surface area contributed by atoms with Gasteiger partial charge in [0, 0.05) is 11.1 Å². The summed E-state index contributed by atoms with van der Waals surface area (Å²) >= 11 is 0.